The molecule has 0 spiro atoms. The standard InChI is InChI=1S/C37H29N/c1-8-18-35(38-36-19-9-6-16-32(36)33-17-7-10-20-37(33)38)26(11-1)23-25-21-22-31-29-14-3-2-12-27(29)28-13-4-5-15-30(28)34(31)24-25/h1-6,8-9,11-16,18-19,21-22,24H,7,10,17,20,23H2. The first-order valence-electron chi connectivity index (χ1n) is 13.9. The highest BCUT2D eigenvalue weighted by Gasteiger charge is 2.22. The average molecular weight is 488 g/mol. The number of aromatic nitrogens is 1. The minimum absolute atomic E-state index is 0.911. The highest BCUT2D eigenvalue weighted by molar-refractivity contribution is 6.25. The molecule has 1 aliphatic rings. The minimum Gasteiger partial charge on any atom is -0.313 e. The summed E-state index contributed by atoms with van der Waals surface area (Å²) in [6.45, 7) is 0. The van der Waals surface area contributed by atoms with Crippen LogP contribution in [-0.2, 0) is 19.3 Å². The summed E-state index contributed by atoms with van der Waals surface area (Å²) in [6, 6.07) is 42.8. The van der Waals surface area contributed by atoms with Gasteiger partial charge in [-0.2, -0.15) is 0 Å². The van der Waals surface area contributed by atoms with Gasteiger partial charge in [-0.1, -0.05) is 103 Å². The maximum absolute atomic E-state index is 2.57. The second-order valence-electron chi connectivity index (χ2n) is 10.8. The molecule has 8 rings (SSSR count). The summed E-state index contributed by atoms with van der Waals surface area (Å²) in [5.74, 6) is 0. The Labute approximate surface area is 223 Å². The van der Waals surface area contributed by atoms with Crippen LogP contribution in [0.1, 0.15) is 35.2 Å². The Hall–Kier alpha value is -4.36. The van der Waals surface area contributed by atoms with Crippen molar-refractivity contribution in [2.45, 2.75) is 32.1 Å². The van der Waals surface area contributed by atoms with Crippen LogP contribution in [-0.4, -0.2) is 4.57 Å². The van der Waals surface area contributed by atoms with Gasteiger partial charge >= 0.3 is 0 Å². The zero-order chi connectivity index (χ0) is 25.1. The molecule has 1 heteroatoms. The highest BCUT2D eigenvalue weighted by atomic mass is 15.0. The second kappa shape index (κ2) is 8.60. The molecule has 1 nitrogen and oxygen atoms in total. The Morgan fingerprint density at radius 2 is 1.08 bits per heavy atom. The lowest BCUT2D eigenvalue weighted by atomic mass is 9.92. The molecule has 6 aromatic carbocycles. The van der Waals surface area contributed by atoms with Gasteiger partial charge in [-0.3, -0.25) is 0 Å². The van der Waals surface area contributed by atoms with E-state index < -0.39 is 0 Å². The molecular formula is C37H29N. The highest BCUT2D eigenvalue weighted by Crippen LogP contribution is 2.38. The molecule has 0 saturated heterocycles. The molecule has 1 aromatic heterocycles. The van der Waals surface area contributed by atoms with E-state index in [9.17, 15) is 0 Å². The molecule has 0 saturated carbocycles. The molecule has 38 heavy (non-hydrogen) atoms. The lowest BCUT2D eigenvalue weighted by Crippen LogP contribution is -2.09. The Bertz CT molecular complexity index is 1970. The summed E-state index contributed by atoms with van der Waals surface area (Å²) < 4.78 is 2.57. The van der Waals surface area contributed by atoms with E-state index in [0.29, 0.717) is 0 Å². The first kappa shape index (κ1) is 21.7. The fourth-order valence-corrected chi connectivity index (χ4v) is 6.93. The van der Waals surface area contributed by atoms with E-state index in [-0.39, 0.29) is 0 Å². The summed E-state index contributed by atoms with van der Waals surface area (Å²) in [6.07, 6.45) is 5.83. The fraction of sp³-hybridized carbons (Fsp3) is 0.135. The number of fused-ring (bicyclic) bond motifs is 9. The normalized spacial score (nSPS) is 13.5. The number of nitrogens with zero attached hydrogens (tertiary/aromatic N) is 1. The molecule has 0 radical (unpaired) electrons. The maximum atomic E-state index is 2.57. The monoisotopic (exact) mass is 487 g/mol. The van der Waals surface area contributed by atoms with Crippen molar-refractivity contribution in [1.82, 2.24) is 4.57 Å². The molecular weight excluding hydrogens is 458 g/mol. The van der Waals surface area contributed by atoms with Gasteiger partial charge in [0, 0.05) is 16.8 Å². The summed E-state index contributed by atoms with van der Waals surface area (Å²) in [5.41, 5.74) is 8.49. The summed E-state index contributed by atoms with van der Waals surface area (Å²) >= 11 is 0. The molecule has 0 aliphatic heterocycles. The molecule has 0 N–H and O–H groups in total. The molecule has 182 valence electrons. The van der Waals surface area contributed by atoms with Crippen molar-refractivity contribution in [3.8, 4) is 5.69 Å². The number of hydrogen-bond donors (Lipinski definition) is 0. The van der Waals surface area contributed by atoms with Crippen molar-refractivity contribution in [3.63, 3.8) is 0 Å². The van der Waals surface area contributed by atoms with E-state index in [2.05, 4.69) is 120 Å². The van der Waals surface area contributed by atoms with Gasteiger partial charge in [-0.05, 0) is 93.2 Å². The number of hydrogen-bond acceptors (Lipinski definition) is 0. The van der Waals surface area contributed by atoms with Crippen LogP contribution in [0, 0.1) is 0 Å². The van der Waals surface area contributed by atoms with Crippen LogP contribution in [0.5, 0.6) is 0 Å². The van der Waals surface area contributed by atoms with E-state index >= 15 is 0 Å². The molecule has 0 atom stereocenters. The van der Waals surface area contributed by atoms with Crippen molar-refractivity contribution in [2.24, 2.45) is 0 Å². The third kappa shape index (κ3) is 3.25. The molecule has 1 aliphatic carbocycles. The van der Waals surface area contributed by atoms with E-state index in [0.717, 1.165) is 12.8 Å². The maximum Gasteiger partial charge on any atom is 0.0534 e. The Kier molecular flexibility index (Phi) is 4.91. The third-order valence-electron chi connectivity index (χ3n) is 8.61. The van der Waals surface area contributed by atoms with Gasteiger partial charge in [-0.25, -0.2) is 0 Å². The number of benzene rings is 6. The van der Waals surface area contributed by atoms with Crippen molar-refractivity contribution >= 4 is 43.2 Å². The van der Waals surface area contributed by atoms with Gasteiger partial charge in [0.25, 0.3) is 0 Å². The van der Waals surface area contributed by atoms with E-state index in [1.807, 2.05) is 0 Å². The van der Waals surface area contributed by atoms with E-state index in [4.69, 9.17) is 0 Å². The fourth-order valence-electron chi connectivity index (χ4n) is 6.93. The largest absolute Gasteiger partial charge is 0.313 e. The smallest absolute Gasteiger partial charge is 0.0534 e. The van der Waals surface area contributed by atoms with Gasteiger partial charge < -0.3 is 4.57 Å². The van der Waals surface area contributed by atoms with Crippen LogP contribution in [0.25, 0.3) is 48.9 Å². The van der Waals surface area contributed by atoms with Gasteiger partial charge in [0.2, 0.25) is 0 Å². The van der Waals surface area contributed by atoms with Crippen LogP contribution < -0.4 is 0 Å². The van der Waals surface area contributed by atoms with Crippen LogP contribution in [0.2, 0.25) is 0 Å². The first-order chi connectivity index (χ1) is 18.9. The minimum atomic E-state index is 0.911. The van der Waals surface area contributed by atoms with Gasteiger partial charge in [0.15, 0.2) is 0 Å². The lowest BCUT2D eigenvalue weighted by molar-refractivity contribution is 0.666. The molecule has 0 fully saturated rings. The molecule has 0 unspecified atom stereocenters. The summed E-state index contributed by atoms with van der Waals surface area (Å²) in [5, 5.41) is 9.44. The Balaban J connectivity index is 1.31. The van der Waals surface area contributed by atoms with Crippen LogP contribution in [0.3, 0.4) is 0 Å². The topological polar surface area (TPSA) is 4.93 Å². The van der Waals surface area contributed by atoms with Crippen molar-refractivity contribution in [2.75, 3.05) is 0 Å². The zero-order valence-electron chi connectivity index (χ0n) is 21.5. The predicted molar refractivity (Wildman–Crippen MR) is 162 cm³/mol. The van der Waals surface area contributed by atoms with Crippen LogP contribution in [0.15, 0.2) is 115 Å². The number of rotatable bonds is 3. The van der Waals surface area contributed by atoms with Gasteiger partial charge in [0.1, 0.15) is 0 Å². The van der Waals surface area contributed by atoms with Crippen molar-refractivity contribution in [1.29, 1.82) is 0 Å². The number of para-hydroxylation sites is 2. The molecule has 0 amide bonds. The van der Waals surface area contributed by atoms with Crippen molar-refractivity contribution in [3.05, 3.63) is 138 Å². The van der Waals surface area contributed by atoms with E-state index in [1.165, 1.54) is 85.0 Å². The molecule has 7 aromatic rings. The predicted octanol–water partition coefficient (Wildman–Crippen LogP) is 9.56. The second-order valence-corrected chi connectivity index (χ2v) is 10.8. The first-order valence-corrected chi connectivity index (χ1v) is 13.9. The van der Waals surface area contributed by atoms with Crippen LogP contribution >= 0.6 is 0 Å². The quantitative estimate of drug-likeness (QED) is 0.219. The zero-order valence-corrected chi connectivity index (χ0v) is 21.5. The third-order valence-corrected chi connectivity index (χ3v) is 8.61. The van der Waals surface area contributed by atoms with E-state index in [1.54, 1.807) is 5.56 Å². The SMILES string of the molecule is c1ccc(-n2c3c(c4ccccc42)CCCC3)c(Cc2ccc3c4ccccc4c4ccccc4c3c2)c1. The van der Waals surface area contributed by atoms with Crippen LogP contribution in [0.4, 0.5) is 0 Å². The summed E-state index contributed by atoms with van der Waals surface area (Å²) in [7, 11) is 0. The molecule has 1 heterocycles. The van der Waals surface area contributed by atoms with Gasteiger partial charge in [-0.15, -0.1) is 0 Å². The number of aryl methyl sites for hydroxylation is 1. The van der Waals surface area contributed by atoms with Crippen molar-refractivity contribution < 1.29 is 0 Å². The van der Waals surface area contributed by atoms with Gasteiger partial charge in [0.05, 0.1) is 5.52 Å². The lowest BCUT2D eigenvalue weighted by Gasteiger charge is -2.19. The Morgan fingerprint density at radius 1 is 0.500 bits per heavy atom. The summed E-state index contributed by atoms with van der Waals surface area (Å²) in [4.78, 5) is 0. The molecule has 0 bridgehead atoms. The Morgan fingerprint density at radius 3 is 1.84 bits per heavy atom. The average Bonchev–Trinajstić information content (AvgIpc) is 3.32.